The first-order valence-corrected chi connectivity index (χ1v) is 11.5. The minimum absolute atomic E-state index is 0.200. The molecule has 8 nitrogen and oxygen atoms in total. The third-order valence-electron chi connectivity index (χ3n) is 4.59. The minimum Gasteiger partial charge on any atom is -0.350 e. The highest BCUT2D eigenvalue weighted by molar-refractivity contribution is 7.94. The van der Waals surface area contributed by atoms with Crippen LogP contribution in [0.3, 0.4) is 0 Å². The second-order valence-corrected chi connectivity index (χ2v) is 9.55. The Morgan fingerprint density at radius 2 is 1.61 bits per heavy atom. The lowest BCUT2D eigenvalue weighted by molar-refractivity contribution is 0.0847. The van der Waals surface area contributed by atoms with Gasteiger partial charge < -0.3 is 4.57 Å². The average Bonchev–Trinajstić information content (AvgIpc) is 3.42. The predicted molar refractivity (Wildman–Crippen MR) is 119 cm³/mol. The third-order valence-corrected chi connectivity index (χ3v) is 7.37. The number of hydrogen-bond acceptors (Lipinski definition) is 5. The number of benzene rings is 2. The number of rotatable bonds is 5. The molecule has 0 saturated heterocycles. The van der Waals surface area contributed by atoms with Crippen LogP contribution in [0.15, 0.2) is 76.4 Å². The van der Waals surface area contributed by atoms with Gasteiger partial charge in [-0.25, -0.2) is 8.42 Å². The second kappa shape index (κ2) is 8.25. The van der Waals surface area contributed by atoms with E-state index >= 15 is 0 Å². The van der Waals surface area contributed by atoms with Crippen LogP contribution in [-0.4, -0.2) is 24.8 Å². The molecule has 0 bridgehead atoms. The van der Waals surface area contributed by atoms with E-state index in [0.717, 1.165) is 22.2 Å². The summed E-state index contributed by atoms with van der Waals surface area (Å²) in [5.41, 5.74) is 6.72. The number of anilines is 1. The van der Waals surface area contributed by atoms with Gasteiger partial charge in [0.05, 0.1) is 5.56 Å². The summed E-state index contributed by atoms with van der Waals surface area (Å²) in [5, 5.41) is 2.45. The number of carbonyl (C=O) groups excluding carboxylic acids is 2. The van der Waals surface area contributed by atoms with E-state index in [-0.39, 0.29) is 9.77 Å². The Morgan fingerprint density at radius 3 is 2.32 bits per heavy atom. The van der Waals surface area contributed by atoms with Gasteiger partial charge in [-0.1, -0.05) is 24.3 Å². The molecule has 158 valence electrons. The van der Waals surface area contributed by atoms with Crippen LogP contribution in [0.25, 0.3) is 10.9 Å². The van der Waals surface area contributed by atoms with Crippen molar-refractivity contribution in [2.24, 2.45) is 7.05 Å². The number of hydrazine groups is 1. The highest BCUT2D eigenvalue weighted by atomic mass is 32.2. The lowest BCUT2D eigenvalue weighted by Gasteiger charge is -2.09. The molecule has 0 aliphatic heterocycles. The van der Waals surface area contributed by atoms with Gasteiger partial charge in [-0.2, -0.15) is 0 Å². The largest absolute Gasteiger partial charge is 0.350 e. The van der Waals surface area contributed by atoms with Crippen molar-refractivity contribution < 1.29 is 18.0 Å². The van der Waals surface area contributed by atoms with Gasteiger partial charge in [0, 0.05) is 35.4 Å². The van der Waals surface area contributed by atoms with Crippen molar-refractivity contribution in [1.29, 1.82) is 0 Å². The summed E-state index contributed by atoms with van der Waals surface area (Å²) in [7, 11) is -1.82. The third kappa shape index (κ3) is 4.30. The van der Waals surface area contributed by atoms with Gasteiger partial charge in [0.2, 0.25) is 0 Å². The maximum atomic E-state index is 12.5. The Labute approximate surface area is 182 Å². The molecule has 4 rings (SSSR count). The van der Waals surface area contributed by atoms with Gasteiger partial charge in [-0.3, -0.25) is 25.2 Å². The van der Waals surface area contributed by atoms with E-state index in [1.165, 1.54) is 30.3 Å². The smallest absolute Gasteiger partial charge is 0.271 e. The standard InChI is InChI=1S/C21H18N4O4S2/c1-25-13-17(16-5-2-3-6-18(16)25)21(27)23-22-20(26)14-8-10-15(11-9-14)24-31(28,29)19-7-4-12-30-19/h2-13,24H,1H3,(H,22,26)(H,23,27). The molecule has 0 saturated carbocycles. The number of aromatic nitrogens is 1. The molecule has 0 fully saturated rings. The maximum Gasteiger partial charge on any atom is 0.271 e. The van der Waals surface area contributed by atoms with Crippen LogP contribution in [0.5, 0.6) is 0 Å². The van der Waals surface area contributed by atoms with Crippen molar-refractivity contribution in [3.63, 3.8) is 0 Å². The summed E-state index contributed by atoms with van der Waals surface area (Å²) in [6.45, 7) is 0. The van der Waals surface area contributed by atoms with Gasteiger partial charge in [-0.05, 0) is 41.8 Å². The summed E-state index contributed by atoms with van der Waals surface area (Å²) >= 11 is 1.11. The van der Waals surface area contributed by atoms with E-state index in [2.05, 4.69) is 15.6 Å². The van der Waals surface area contributed by atoms with E-state index in [1.807, 2.05) is 35.9 Å². The number of nitrogens with one attached hydrogen (secondary N) is 3. The first-order valence-electron chi connectivity index (χ1n) is 9.16. The Balaban J connectivity index is 1.40. The molecule has 0 unspecified atom stereocenters. The number of para-hydroxylation sites is 1. The second-order valence-electron chi connectivity index (χ2n) is 6.69. The topological polar surface area (TPSA) is 109 Å². The normalized spacial score (nSPS) is 11.3. The van der Waals surface area contributed by atoms with E-state index < -0.39 is 21.8 Å². The fourth-order valence-corrected chi connectivity index (χ4v) is 5.14. The van der Waals surface area contributed by atoms with Crippen LogP contribution >= 0.6 is 11.3 Å². The van der Waals surface area contributed by atoms with Crippen molar-refractivity contribution in [3.8, 4) is 0 Å². The number of amides is 2. The van der Waals surface area contributed by atoms with E-state index in [9.17, 15) is 18.0 Å². The van der Waals surface area contributed by atoms with Crippen LogP contribution in [0, 0.1) is 0 Å². The predicted octanol–water partition coefficient (Wildman–Crippen LogP) is 3.12. The molecule has 3 N–H and O–H groups in total. The average molecular weight is 455 g/mol. The molecule has 10 heteroatoms. The number of hydrogen-bond donors (Lipinski definition) is 3. The number of fused-ring (bicyclic) bond motifs is 1. The SMILES string of the molecule is Cn1cc(C(=O)NNC(=O)c2ccc(NS(=O)(=O)c3cccs3)cc2)c2ccccc21. The summed E-state index contributed by atoms with van der Waals surface area (Å²) in [6.07, 6.45) is 1.70. The Bertz CT molecular complexity index is 1360. The fraction of sp³-hybridized carbons (Fsp3) is 0.0476. The van der Waals surface area contributed by atoms with Crippen molar-refractivity contribution in [2.45, 2.75) is 4.21 Å². The maximum absolute atomic E-state index is 12.5. The summed E-state index contributed by atoms with van der Waals surface area (Å²) in [5.74, 6) is -0.966. The lowest BCUT2D eigenvalue weighted by Crippen LogP contribution is -2.41. The molecule has 2 amide bonds. The fourth-order valence-electron chi connectivity index (χ4n) is 3.09. The van der Waals surface area contributed by atoms with Crippen LogP contribution in [0.2, 0.25) is 0 Å². The molecule has 0 aliphatic rings. The molecule has 0 radical (unpaired) electrons. The lowest BCUT2D eigenvalue weighted by atomic mass is 10.2. The molecule has 0 spiro atoms. The van der Waals surface area contributed by atoms with Crippen molar-refractivity contribution in [1.82, 2.24) is 15.4 Å². The molecule has 0 atom stereocenters. The van der Waals surface area contributed by atoms with Gasteiger partial charge in [0.25, 0.3) is 21.8 Å². The van der Waals surface area contributed by atoms with Gasteiger partial charge in [0.15, 0.2) is 0 Å². The van der Waals surface area contributed by atoms with Gasteiger partial charge in [-0.15, -0.1) is 11.3 Å². The molecular weight excluding hydrogens is 436 g/mol. The van der Waals surface area contributed by atoms with Crippen LogP contribution in [-0.2, 0) is 17.1 Å². The van der Waals surface area contributed by atoms with Crippen LogP contribution in [0.1, 0.15) is 20.7 Å². The minimum atomic E-state index is -3.66. The zero-order chi connectivity index (χ0) is 22.0. The number of sulfonamides is 1. The van der Waals surface area contributed by atoms with Crippen molar-refractivity contribution >= 4 is 49.8 Å². The zero-order valence-electron chi connectivity index (χ0n) is 16.3. The van der Waals surface area contributed by atoms with Crippen LogP contribution < -0.4 is 15.6 Å². The number of thiophene rings is 1. The molecule has 31 heavy (non-hydrogen) atoms. The Kier molecular flexibility index (Phi) is 5.49. The first-order chi connectivity index (χ1) is 14.8. The highest BCUT2D eigenvalue weighted by Crippen LogP contribution is 2.21. The van der Waals surface area contributed by atoms with Gasteiger partial charge >= 0.3 is 0 Å². The molecular formula is C21H18N4O4S2. The number of carbonyl (C=O) groups is 2. The van der Waals surface area contributed by atoms with Gasteiger partial charge in [0.1, 0.15) is 4.21 Å². The Morgan fingerprint density at radius 1 is 0.903 bits per heavy atom. The summed E-state index contributed by atoms with van der Waals surface area (Å²) in [4.78, 5) is 24.9. The van der Waals surface area contributed by atoms with E-state index in [1.54, 1.807) is 17.6 Å². The van der Waals surface area contributed by atoms with E-state index in [4.69, 9.17) is 0 Å². The number of aryl methyl sites for hydroxylation is 1. The quantitative estimate of drug-likeness (QED) is 0.403. The monoisotopic (exact) mass is 454 g/mol. The molecule has 2 aromatic heterocycles. The Hall–Kier alpha value is -3.63. The molecule has 0 aliphatic carbocycles. The van der Waals surface area contributed by atoms with Crippen molar-refractivity contribution in [2.75, 3.05) is 4.72 Å². The highest BCUT2D eigenvalue weighted by Gasteiger charge is 2.17. The molecule has 4 aromatic rings. The molecule has 2 aromatic carbocycles. The molecule has 2 heterocycles. The zero-order valence-corrected chi connectivity index (χ0v) is 18.0. The van der Waals surface area contributed by atoms with Crippen LogP contribution in [0.4, 0.5) is 5.69 Å². The summed E-state index contributed by atoms with van der Waals surface area (Å²) < 4.78 is 29.0. The van der Waals surface area contributed by atoms with E-state index in [0.29, 0.717) is 11.3 Å². The van der Waals surface area contributed by atoms with Crippen molar-refractivity contribution in [3.05, 3.63) is 83.4 Å². The number of nitrogens with zero attached hydrogens (tertiary/aromatic N) is 1. The first kappa shape index (κ1) is 20.6. The summed E-state index contributed by atoms with van der Waals surface area (Å²) in [6, 6.07) is 16.5.